The highest BCUT2D eigenvalue weighted by Crippen LogP contribution is 2.24. The van der Waals surface area contributed by atoms with Crippen molar-refractivity contribution in [2.24, 2.45) is 5.92 Å². The molecule has 0 spiro atoms. The van der Waals surface area contributed by atoms with Gasteiger partial charge in [0.15, 0.2) is 0 Å². The van der Waals surface area contributed by atoms with Gasteiger partial charge in [-0.2, -0.15) is 0 Å². The molecule has 0 radical (unpaired) electrons. The second kappa shape index (κ2) is 4.75. The molecule has 1 rings (SSSR count). The van der Waals surface area contributed by atoms with Crippen molar-refractivity contribution in [3.8, 4) is 0 Å². The Morgan fingerprint density at radius 2 is 2.14 bits per heavy atom. The van der Waals surface area contributed by atoms with Gasteiger partial charge >= 0.3 is 0 Å². The van der Waals surface area contributed by atoms with E-state index in [0.29, 0.717) is 0 Å². The van der Waals surface area contributed by atoms with Crippen LogP contribution in [0.15, 0.2) is 36.9 Å². The molecule has 0 aliphatic rings. The molecule has 1 nitrogen and oxygen atoms in total. The summed E-state index contributed by atoms with van der Waals surface area (Å²) in [5.74, 6) is 0.127. The molecule has 0 bridgehead atoms. The van der Waals surface area contributed by atoms with Crippen LogP contribution in [0.3, 0.4) is 0 Å². The Morgan fingerprint density at radius 1 is 1.43 bits per heavy atom. The van der Waals surface area contributed by atoms with E-state index in [2.05, 4.69) is 25.6 Å². The second-order valence-electron chi connectivity index (χ2n) is 3.67. The van der Waals surface area contributed by atoms with Crippen molar-refractivity contribution < 1.29 is 4.79 Å². The SMILES string of the molecule is C=CC(c1cccc(C)c1)[C@@H](C)C=O. The van der Waals surface area contributed by atoms with E-state index in [1.807, 2.05) is 25.1 Å². The number of hydrogen-bond acceptors (Lipinski definition) is 1. The van der Waals surface area contributed by atoms with E-state index >= 15 is 0 Å². The third-order valence-electron chi connectivity index (χ3n) is 2.46. The third kappa shape index (κ3) is 2.32. The van der Waals surface area contributed by atoms with Crippen molar-refractivity contribution in [3.05, 3.63) is 48.0 Å². The highest BCUT2D eigenvalue weighted by atomic mass is 16.1. The molecule has 0 aromatic heterocycles. The fraction of sp³-hybridized carbons (Fsp3) is 0.308. The molecule has 1 heteroatoms. The van der Waals surface area contributed by atoms with Gasteiger partial charge in [-0.05, 0) is 12.5 Å². The Bertz CT molecular complexity index is 328. The van der Waals surface area contributed by atoms with Crippen LogP contribution in [0, 0.1) is 12.8 Å². The largest absolute Gasteiger partial charge is 0.303 e. The number of aryl methyl sites for hydroxylation is 1. The highest BCUT2D eigenvalue weighted by molar-refractivity contribution is 5.56. The maximum absolute atomic E-state index is 10.7. The first kappa shape index (κ1) is 10.7. The summed E-state index contributed by atoms with van der Waals surface area (Å²) in [6, 6.07) is 8.21. The molecule has 0 fully saturated rings. The van der Waals surface area contributed by atoms with E-state index < -0.39 is 0 Å². The molecule has 0 aliphatic carbocycles. The number of carbonyl (C=O) groups is 1. The number of carbonyl (C=O) groups excluding carboxylic acids is 1. The standard InChI is InChI=1S/C13H16O/c1-4-13(11(3)9-14)12-7-5-6-10(2)8-12/h4-9,11,13H,1H2,2-3H3/t11-,13?/m0/s1. The fourth-order valence-corrected chi connectivity index (χ4v) is 1.62. The molecule has 0 aliphatic heterocycles. The van der Waals surface area contributed by atoms with Gasteiger partial charge in [-0.3, -0.25) is 0 Å². The molecule has 0 amide bonds. The summed E-state index contributed by atoms with van der Waals surface area (Å²) in [7, 11) is 0. The lowest BCUT2D eigenvalue weighted by atomic mass is 9.88. The van der Waals surface area contributed by atoms with Crippen LogP contribution < -0.4 is 0 Å². The quantitative estimate of drug-likeness (QED) is 0.524. The molecule has 0 saturated heterocycles. The van der Waals surface area contributed by atoms with Crippen LogP contribution in [0.5, 0.6) is 0 Å². The molecule has 0 saturated carbocycles. The molecular formula is C13H16O. The Balaban J connectivity index is 3.00. The molecule has 0 heterocycles. The van der Waals surface area contributed by atoms with Gasteiger partial charge in [0.05, 0.1) is 0 Å². The zero-order chi connectivity index (χ0) is 10.6. The number of aldehydes is 1. The first-order valence-corrected chi connectivity index (χ1v) is 4.83. The van der Waals surface area contributed by atoms with E-state index in [0.717, 1.165) is 6.29 Å². The van der Waals surface area contributed by atoms with Gasteiger partial charge in [-0.1, -0.05) is 42.8 Å². The van der Waals surface area contributed by atoms with Crippen molar-refractivity contribution in [1.82, 2.24) is 0 Å². The van der Waals surface area contributed by atoms with Gasteiger partial charge in [0.1, 0.15) is 6.29 Å². The molecule has 1 aromatic carbocycles. The van der Waals surface area contributed by atoms with E-state index in [4.69, 9.17) is 0 Å². The van der Waals surface area contributed by atoms with E-state index in [9.17, 15) is 4.79 Å². The van der Waals surface area contributed by atoms with Crippen LogP contribution in [-0.4, -0.2) is 6.29 Å². The minimum atomic E-state index is -0.00528. The lowest BCUT2D eigenvalue weighted by molar-refractivity contribution is -0.110. The molecular weight excluding hydrogens is 172 g/mol. The Labute approximate surface area is 85.5 Å². The van der Waals surface area contributed by atoms with Gasteiger partial charge in [-0.25, -0.2) is 0 Å². The van der Waals surface area contributed by atoms with Crippen molar-refractivity contribution in [2.45, 2.75) is 19.8 Å². The van der Waals surface area contributed by atoms with Crippen molar-refractivity contribution in [3.63, 3.8) is 0 Å². The molecule has 1 aromatic rings. The first-order chi connectivity index (χ1) is 6.69. The Morgan fingerprint density at radius 3 is 2.64 bits per heavy atom. The van der Waals surface area contributed by atoms with Crippen LogP contribution in [0.4, 0.5) is 0 Å². The average molecular weight is 188 g/mol. The number of hydrogen-bond donors (Lipinski definition) is 0. The van der Waals surface area contributed by atoms with Crippen molar-refractivity contribution >= 4 is 6.29 Å². The second-order valence-corrected chi connectivity index (χ2v) is 3.67. The van der Waals surface area contributed by atoms with Crippen LogP contribution in [0.25, 0.3) is 0 Å². The summed E-state index contributed by atoms with van der Waals surface area (Å²) in [4.78, 5) is 10.7. The number of rotatable bonds is 4. The van der Waals surface area contributed by atoms with Gasteiger partial charge < -0.3 is 4.79 Å². The summed E-state index contributed by atoms with van der Waals surface area (Å²) in [6.07, 6.45) is 2.82. The number of benzene rings is 1. The minimum Gasteiger partial charge on any atom is -0.303 e. The van der Waals surface area contributed by atoms with Gasteiger partial charge in [0, 0.05) is 11.8 Å². The predicted octanol–water partition coefficient (Wildman–Crippen LogP) is 3.10. The normalized spacial score (nSPS) is 14.4. The average Bonchev–Trinajstić information content (AvgIpc) is 2.19. The monoisotopic (exact) mass is 188 g/mol. The maximum Gasteiger partial charge on any atom is 0.123 e. The lowest BCUT2D eigenvalue weighted by Gasteiger charge is -2.16. The zero-order valence-electron chi connectivity index (χ0n) is 8.73. The van der Waals surface area contributed by atoms with Gasteiger partial charge in [-0.15, -0.1) is 6.58 Å². The van der Waals surface area contributed by atoms with E-state index in [1.54, 1.807) is 0 Å². The molecule has 0 N–H and O–H groups in total. The Kier molecular flexibility index (Phi) is 3.63. The zero-order valence-corrected chi connectivity index (χ0v) is 8.73. The molecule has 2 atom stereocenters. The van der Waals surface area contributed by atoms with Crippen molar-refractivity contribution in [1.29, 1.82) is 0 Å². The summed E-state index contributed by atoms with van der Waals surface area (Å²) >= 11 is 0. The summed E-state index contributed by atoms with van der Waals surface area (Å²) in [5, 5.41) is 0. The summed E-state index contributed by atoms with van der Waals surface area (Å²) in [6.45, 7) is 7.75. The summed E-state index contributed by atoms with van der Waals surface area (Å²) < 4.78 is 0. The lowest BCUT2D eigenvalue weighted by Crippen LogP contribution is -2.08. The minimum absolute atomic E-state index is 0.00528. The van der Waals surface area contributed by atoms with Crippen LogP contribution in [0.1, 0.15) is 24.0 Å². The van der Waals surface area contributed by atoms with E-state index in [1.165, 1.54) is 11.1 Å². The van der Waals surface area contributed by atoms with Gasteiger partial charge in [0.25, 0.3) is 0 Å². The fourth-order valence-electron chi connectivity index (χ4n) is 1.62. The topological polar surface area (TPSA) is 17.1 Å². The van der Waals surface area contributed by atoms with Crippen LogP contribution in [-0.2, 0) is 4.79 Å². The summed E-state index contributed by atoms with van der Waals surface area (Å²) in [5.41, 5.74) is 2.38. The van der Waals surface area contributed by atoms with Crippen LogP contribution >= 0.6 is 0 Å². The smallest absolute Gasteiger partial charge is 0.123 e. The molecule has 1 unspecified atom stereocenters. The van der Waals surface area contributed by atoms with Crippen LogP contribution in [0.2, 0.25) is 0 Å². The van der Waals surface area contributed by atoms with E-state index in [-0.39, 0.29) is 11.8 Å². The number of allylic oxidation sites excluding steroid dienone is 1. The third-order valence-corrected chi connectivity index (χ3v) is 2.46. The first-order valence-electron chi connectivity index (χ1n) is 4.83. The Hall–Kier alpha value is -1.37. The maximum atomic E-state index is 10.7. The highest BCUT2D eigenvalue weighted by Gasteiger charge is 2.14. The molecule has 14 heavy (non-hydrogen) atoms. The predicted molar refractivity (Wildman–Crippen MR) is 59.3 cm³/mol. The van der Waals surface area contributed by atoms with Crippen molar-refractivity contribution in [2.75, 3.05) is 0 Å². The molecule has 74 valence electrons. The van der Waals surface area contributed by atoms with Gasteiger partial charge in [0.2, 0.25) is 0 Å².